The van der Waals surface area contributed by atoms with Crippen LogP contribution in [0.25, 0.3) is 0 Å². The van der Waals surface area contributed by atoms with Crippen LogP contribution >= 0.6 is 0 Å². The molecule has 0 saturated carbocycles. The highest BCUT2D eigenvalue weighted by Crippen LogP contribution is 2.01. The molecular formula is C11H22N4O. The number of amides is 1. The third kappa shape index (κ3) is 3.17. The molecule has 0 aliphatic carbocycles. The number of nitrogens with zero attached hydrogens (tertiary/aromatic N) is 3. The van der Waals surface area contributed by atoms with Crippen molar-refractivity contribution in [3.63, 3.8) is 0 Å². The fourth-order valence-corrected chi connectivity index (χ4v) is 2.21. The van der Waals surface area contributed by atoms with Gasteiger partial charge in [0, 0.05) is 52.4 Å². The Morgan fingerprint density at radius 3 is 2.31 bits per heavy atom. The molecule has 0 aromatic rings. The highest BCUT2D eigenvalue weighted by molar-refractivity contribution is 5.78. The SMILES string of the molecule is CN1CCN(CC(=[18O])[15N]2[13CH2][13CH2][15NH][13CH2][13CH2]2)CC1. The van der Waals surface area contributed by atoms with Gasteiger partial charge in [0.2, 0.25) is 5.91 Å². The molecule has 0 atom stereocenters. The molecule has 16 heavy (non-hydrogen) atoms. The van der Waals surface area contributed by atoms with Gasteiger partial charge in [-0.05, 0) is 7.05 Å². The number of hydrogen-bond acceptors (Lipinski definition) is 4. The van der Waals surface area contributed by atoms with Gasteiger partial charge in [0.05, 0.1) is 6.54 Å². The van der Waals surface area contributed by atoms with E-state index in [0.717, 1.165) is 52.4 Å². The molecule has 0 aromatic carbocycles. The second-order valence-corrected chi connectivity index (χ2v) is 4.71. The van der Waals surface area contributed by atoms with Crippen LogP contribution in [0.3, 0.4) is 0 Å². The first kappa shape index (κ1) is 11.8. The lowest BCUT2D eigenvalue weighted by atomic mass is 10.3. The highest BCUT2D eigenvalue weighted by Gasteiger charge is 2.21. The topological polar surface area (TPSA) is 38.8 Å². The molecule has 0 radical (unpaired) electrons. The summed E-state index contributed by atoms with van der Waals surface area (Å²) in [5.74, 6) is 0.297. The standard InChI is InChI=1S/C11H22N4O/c1-13-6-8-14(9-7-13)10-11(16)15-4-2-12-3-5-15/h12H,2-10H2,1H3/i2+1,3+1,4+1,5+1,12+1,15+1,16+2. The van der Waals surface area contributed by atoms with E-state index < -0.39 is 0 Å². The first-order valence-corrected chi connectivity index (χ1v) is 6.15. The lowest BCUT2D eigenvalue weighted by molar-refractivity contribution is -0.133. The Morgan fingerprint density at radius 2 is 1.69 bits per heavy atom. The largest absolute Gasteiger partial charge is 0.339 e. The number of carbonyl (C=O) groups excluding carboxylic acids is 1. The van der Waals surface area contributed by atoms with Crippen molar-refractivity contribution in [1.82, 2.24) is 20.0 Å². The third-order valence-electron chi connectivity index (χ3n) is 3.42. The van der Waals surface area contributed by atoms with E-state index >= 15 is 0 Å². The van der Waals surface area contributed by atoms with E-state index in [1.807, 2.05) is 4.90 Å². The molecule has 0 unspecified atom stereocenters. The lowest BCUT2D eigenvalue weighted by Gasteiger charge is -2.34. The monoisotopic (exact) mass is 234 g/mol. The average molecular weight is 234 g/mol. The predicted molar refractivity (Wildman–Crippen MR) is 63.4 cm³/mol. The van der Waals surface area contributed by atoms with E-state index in [1.165, 1.54) is 0 Å². The molecular weight excluding hydrogens is 212 g/mol. The van der Waals surface area contributed by atoms with E-state index in [0.29, 0.717) is 12.5 Å². The molecule has 2 aliphatic rings. The first-order chi connectivity index (χ1) is 7.75. The fourth-order valence-electron chi connectivity index (χ4n) is 2.21. The average Bonchev–Trinajstić information content (AvgIpc) is 2.33. The summed E-state index contributed by atoms with van der Waals surface area (Å²) in [6.07, 6.45) is 0. The van der Waals surface area contributed by atoms with E-state index in [2.05, 4.69) is 22.2 Å². The highest BCUT2D eigenvalue weighted by atomic mass is 18.1. The minimum absolute atomic E-state index is 0.297. The number of rotatable bonds is 2. The summed E-state index contributed by atoms with van der Waals surface area (Å²) in [6.45, 7) is 8.42. The van der Waals surface area contributed by atoms with Crippen LogP contribution < -0.4 is 5.32 Å². The maximum Gasteiger partial charge on any atom is 0.236 e. The van der Waals surface area contributed by atoms with Crippen molar-refractivity contribution in [3.8, 4) is 0 Å². The van der Waals surface area contributed by atoms with Gasteiger partial charge >= 0.3 is 0 Å². The Balaban J connectivity index is 1.73. The van der Waals surface area contributed by atoms with Gasteiger partial charge < -0.3 is 15.1 Å². The number of piperazine rings is 2. The molecule has 2 saturated heterocycles. The molecule has 0 aromatic heterocycles. The molecule has 1 amide bonds. The predicted octanol–water partition coefficient (Wildman–Crippen LogP) is -1.33. The van der Waals surface area contributed by atoms with Crippen LogP contribution in [0.1, 0.15) is 0 Å². The van der Waals surface area contributed by atoms with Gasteiger partial charge in [-0.1, -0.05) is 0 Å². The van der Waals surface area contributed by atoms with Crippen LogP contribution in [0.5, 0.6) is 0 Å². The summed E-state index contributed by atoms with van der Waals surface area (Å²) in [4.78, 5) is 18.6. The fraction of sp³-hybridized carbons (Fsp3) is 0.909. The molecule has 2 rings (SSSR count). The van der Waals surface area contributed by atoms with Crippen LogP contribution in [-0.4, -0.2) is 86.6 Å². The number of hydrogen-bond donors (Lipinski definition) is 1. The molecule has 92 valence electrons. The summed E-state index contributed by atoms with van der Waals surface area (Å²) in [5, 5.41) is 3.26. The zero-order chi connectivity index (χ0) is 11.4. The second-order valence-electron chi connectivity index (χ2n) is 4.71. The van der Waals surface area contributed by atoms with Crippen LogP contribution in [0.2, 0.25) is 0 Å². The minimum atomic E-state index is 0.297. The van der Waals surface area contributed by atoms with Crippen LogP contribution in [0.15, 0.2) is 0 Å². The zero-order valence-electron chi connectivity index (χ0n) is 10.1. The number of nitrogens with one attached hydrogen (secondary N) is 1. The Hall–Kier alpha value is -0.650. The molecule has 1 N–H and O–H groups in total. The second kappa shape index (κ2) is 5.61. The first-order valence-electron chi connectivity index (χ1n) is 6.15. The minimum Gasteiger partial charge on any atom is -0.339 e. The normalized spacial score (nSPS) is 24.7. The molecule has 5 nitrogen and oxygen atoms in total. The molecule has 0 bridgehead atoms. The molecule has 2 aliphatic heterocycles. The Kier molecular flexibility index (Phi) is 4.15. The molecule has 2 heterocycles. The molecule has 5 heteroatoms. The maximum absolute atomic E-state index is 12.0. The van der Waals surface area contributed by atoms with E-state index in [9.17, 15) is 4.79 Å². The van der Waals surface area contributed by atoms with Gasteiger partial charge in [-0.15, -0.1) is 0 Å². The zero-order valence-corrected chi connectivity index (χ0v) is 10.1. The summed E-state index contributed by atoms with van der Waals surface area (Å²) < 4.78 is 0. The Morgan fingerprint density at radius 1 is 1.06 bits per heavy atom. The van der Waals surface area contributed by atoms with Gasteiger partial charge in [-0.25, -0.2) is 0 Å². The van der Waals surface area contributed by atoms with Crippen molar-refractivity contribution >= 4 is 5.91 Å². The van der Waals surface area contributed by atoms with Gasteiger partial charge in [-0.2, -0.15) is 0 Å². The molecule has 2 fully saturated rings. The van der Waals surface area contributed by atoms with Gasteiger partial charge in [0.1, 0.15) is 0 Å². The summed E-state index contributed by atoms with van der Waals surface area (Å²) in [7, 11) is 2.13. The van der Waals surface area contributed by atoms with Gasteiger partial charge in [0.15, 0.2) is 0 Å². The third-order valence-corrected chi connectivity index (χ3v) is 3.42. The van der Waals surface area contributed by atoms with Crippen LogP contribution in [0, 0.1) is 0 Å². The van der Waals surface area contributed by atoms with Crippen molar-refractivity contribution in [1.29, 1.82) is 0 Å². The van der Waals surface area contributed by atoms with Crippen molar-refractivity contribution in [2.24, 2.45) is 0 Å². The Labute approximate surface area is 97.4 Å². The summed E-state index contributed by atoms with van der Waals surface area (Å²) in [5.41, 5.74) is 0. The van der Waals surface area contributed by atoms with E-state index in [-0.39, 0.29) is 0 Å². The molecule has 0 spiro atoms. The van der Waals surface area contributed by atoms with E-state index in [4.69, 9.17) is 0 Å². The summed E-state index contributed by atoms with van der Waals surface area (Å²) in [6, 6.07) is 0. The van der Waals surface area contributed by atoms with E-state index in [1.54, 1.807) is 0 Å². The smallest absolute Gasteiger partial charge is 0.236 e. The van der Waals surface area contributed by atoms with Crippen molar-refractivity contribution in [2.75, 3.05) is 66.0 Å². The number of carbonyl (C=O) groups is 1. The van der Waals surface area contributed by atoms with Crippen molar-refractivity contribution in [2.45, 2.75) is 0 Å². The summed E-state index contributed by atoms with van der Waals surface area (Å²) >= 11 is 0. The number of likely N-dealkylation sites (N-methyl/N-ethyl adjacent to an activating group) is 1. The lowest BCUT2D eigenvalue weighted by Crippen LogP contribution is -2.52. The Bertz CT molecular complexity index is 232. The van der Waals surface area contributed by atoms with Crippen LogP contribution in [0.4, 0.5) is 0 Å². The van der Waals surface area contributed by atoms with Gasteiger partial charge in [0.25, 0.3) is 0 Å². The van der Waals surface area contributed by atoms with Gasteiger partial charge in [-0.3, -0.25) is 9.69 Å². The maximum atomic E-state index is 12.0. The van der Waals surface area contributed by atoms with Crippen molar-refractivity contribution < 1.29 is 4.79 Å². The quantitative estimate of drug-likeness (QED) is 0.365. The van der Waals surface area contributed by atoms with Crippen LogP contribution in [-0.2, 0) is 4.79 Å². The van der Waals surface area contributed by atoms with Crippen molar-refractivity contribution in [3.05, 3.63) is 0 Å².